The van der Waals surface area contributed by atoms with Gasteiger partial charge in [0.15, 0.2) is 0 Å². The molecule has 0 unspecified atom stereocenters. The molecule has 1 saturated heterocycles. The zero-order valence-electron chi connectivity index (χ0n) is 17.8. The first-order valence-electron chi connectivity index (χ1n) is 10.5. The first-order valence-corrected chi connectivity index (χ1v) is 10.5. The van der Waals surface area contributed by atoms with Gasteiger partial charge in [-0.3, -0.25) is 10.1 Å². The molecular weight excluding hydrogens is 395 g/mol. The second-order valence-electron chi connectivity index (χ2n) is 7.90. The quantitative estimate of drug-likeness (QED) is 0.633. The van der Waals surface area contributed by atoms with Gasteiger partial charge in [0.25, 0.3) is 0 Å². The molecule has 3 aromatic rings. The molecule has 6 nitrogen and oxygen atoms in total. The first kappa shape index (κ1) is 21.2. The fraction of sp³-hybridized carbons (Fsp3) is 0.333. The van der Waals surface area contributed by atoms with Crippen molar-refractivity contribution in [2.45, 2.75) is 32.2 Å². The van der Waals surface area contributed by atoms with Crippen molar-refractivity contribution in [3.8, 4) is 5.69 Å². The molecule has 162 valence electrons. The summed E-state index contributed by atoms with van der Waals surface area (Å²) in [5.74, 6) is -0.420. The number of ether oxygens (including phenoxy) is 1. The maximum atomic E-state index is 13.4. The number of halogens is 1. The van der Waals surface area contributed by atoms with E-state index in [-0.39, 0.29) is 18.3 Å². The minimum atomic E-state index is -0.415. The molecule has 31 heavy (non-hydrogen) atoms. The number of nitrogens with one attached hydrogen (secondary N) is 2. The van der Waals surface area contributed by atoms with E-state index in [4.69, 9.17) is 4.74 Å². The number of benzene rings is 2. The summed E-state index contributed by atoms with van der Waals surface area (Å²) in [6.45, 7) is 5.14. The third-order valence-electron chi connectivity index (χ3n) is 5.89. The average molecular weight is 423 g/mol. The van der Waals surface area contributed by atoms with Gasteiger partial charge in [-0.05, 0) is 56.5 Å². The predicted molar refractivity (Wildman–Crippen MR) is 118 cm³/mol. The van der Waals surface area contributed by atoms with E-state index in [1.807, 2.05) is 48.9 Å². The average Bonchev–Trinajstić information content (AvgIpc) is 3.08. The Labute approximate surface area is 181 Å². The number of para-hydroxylation sites is 1. The number of aromatic nitrogens is 2. The highest BCUT2D eigenvalue weighted by Gasteiger charge is 2.34. The van der Waals surface area contributed by atoms with Crippen molar-refractivity contribution in [3.05, 3.63) is 77.4 Å². The number of carbonyl (C=O) groups excluding carboxylic acids is 1. The molecular formula is C24H27FN4O2. The van der Waals surface area contributed by atoms with Crippen molar-refractivity contribution in [2.75, 3.05) is 25.1 Å². The molecule has 1 aliphatic heterocycles. The maximum absolute atomic E-state index is 13.4. The largest absolute Gasteiger partial charge is 0.381 e. The number of rotatable bonds is 6. The zero-order chi connectivity index (χ0) is 21.8. The Morgan fingerprint density at radius 2 is 1.77 bits per heavy atom. The Balaban J connectivity index is 1.48. The van der Waals surface area contributed by atoms with Gasteiger partial charge in [0.2, 0.25) is 5.91 Å². The van der Waals surface area contributed by atoms with Gasteiger partial charge >= 0.3 is 0 Å². The van der Waals surface area contributed by atoms with Crippen molar-refractivity contribution in [3.63, 3.8) is 0 Å². The molecule has 0 radical (unpaired) electrons. The minimum Gasteiger partial charge on any atom is -0.381 e. The number of aryl methyl sites for hydroxylation is 1. The van der Waals surface area contributed by atoms with Gasteiger partial charge in [-0.25, -0.2) is 9.07 Å². The van der Waals surface area contributed by atoms with Crippen LogP contribution >= 0.6 is 0 Å². The second-order valence-corrected chi connectivity index (χ2v) is 7.90. The molecule has 0 spiro atoms. The molecule has 4 rings (SSSR count). The summed E-state index contributed by atoms with van der Waals surface area (Å²) in [6, 6.07) is 16.3. The summed E-state index contributed by atoms with van der Waals surface area (Å²) in [4.78, 5) is 12.8. The summed E-state index contributed by atoms with van der Waals surface area (Å²) >= 11 is 0. The Hall–Kier alpha value is -3.03. The van der Waals surface area contributed by atoms with E-state index in [1.54, 1.807) is 12.1 Å². The van der Waals surface area contributed by atoms with E-state index in [0.29, 0.717) is 13.2 Å². The lowest BCUT2D eigenvalue weighted by molar-refractivity contribution is -0.116. The third-order valence-corrected chi connectivity index (χ3v) is 5.89. The van der Waals surface area contributed by atoms with Crippen LogP contribution in [-0.4, -0.2) is 35.4 Å². The van der Waals surface area contributed by atoms with E-state index in [1.165, 1.54) is 12.1 Å². The van der Waals surface area contributed by atoms with Crippen molar-refractivity contribution < 1.29 is 13.9 Å². The molecule has 7 heteroatoms. The fourth-order valence-electron chi connectivity index (χ4n) is 4.13. The van der Waals surface area contributed by atoms with Gasteiger partial charge in [0.1, 0.15) is 5.82 Å². The molecule has 1 amide bonds. The van der Waals surface area contributed by atoms with Crippen LogP contribution in [0.4, 0.5) is 10.1 Å². The van der Waals surface area contributed by atoms with Gasteiger partial charge in [-0.15, -0.1) is 0 Å². The fourth-order valence-corrected chi connectivity index (χ4v) is 4.13. The highest BCUT2D eigenvalue weighted by molar-refractivity contribution is 5.93. The van der Waals surface area contributed by atoms with Crippen LogP contribution in [0, 0.1) is 19.7 Å². The number of anilines is 1. The summed E-state index contributed by atoms with van der Waals surface area (Å²) in [6.07, 6.45) is 1.44. The van der Waals surface area contributed by atoms with Crippen LogP contribution in [0.3, 0.4) is 0 Å². The van der Waals surface area contributed by atoms with Crippen LogP contribution < -0.4 is 10.6 Å². The molecule has 2 aromatic carbocycles. The third kappa shape index (κ3) is 4.52. The predicted octanol–water partition coefficient (Wildman–Crippen LogP) is 3.86. The minimum absolute atomic E-state index is 0.132. The highest BCUT2D eigenvalue weighted by Crippen LogP contribution is 2.32. The molecule has 2 N–H and O–H groups in total. The number of hydrogen-bond acceptors (Lipinski definition) is 4. The summed E-state index contributed by atoms with van der Waals surface area (Å²) in [7, 11) is 0. The molecule has 0 aliphatic carbocycles. The number of amides is 1. The molecule has 0 atom stereocenters. The molecule has 1 aliphatic rings. The van der Waals surface area contributed by atoms with Crippen LogP contribution in [0.5, 0.6) is 0 Å². The molecule has 0 saturated carbocycles. The number of hydrogen-bond donors (Lipinski definition) is 2. The summed E-state index contributed by atoms with van der Waals surface area (Å²) < 4.78 is 20.8. The van der Waals surface area contributed by atoms with Crippen LogP contribution in [0.1, 0.15) is 29.8 Å². The van der Waals surface area contributed by atoms with Crippen molar-refractivity contribution in [1.82, 2.24) is 15.1 Å². The lowest BCUT2D eigenvalue weighted by Gasteiger charge is -2.38. The Morgan fingerprint density at radius 1 is 1.10 bits per heavy atom. The molecule has 1 fully saturated rings. The Morgan fingerprint density at radius 3 is 2.45 bits per heavy atom. The van der Waals surface area contributed by atoms with E-state index in [9.17, 15) is 9.18 Å². The van der Waals surface area contributed by atoms with Gasteiger partial charge in [-0.2, -0.15) is 5.10 Å². The smallest absolute Gasteiger partial charge is 0.238 e. The Kier molecular flexibility index (Phi) is 6.15. The lowest BCUT2D eigenvalue weighted by atomic mass is 9.82. The van der Waals surface area contributed by atoms with E-state index in [0.717, 1.165) is 41.2 Å². The number of nitrogens with zero attached hydrogens (tertiary/aromatic N) is 2. The van der Waals surface area contributed by atoms with Crippen molar-refractivity contribution >= 4 is 11.6 Å². The van der Waals surface area contributed by atoms with Gasteiger partial charge in [0.05, 0.1) is 29.3 Å². The topological polar surface area (TPSA) is 68.2 Å². The van der Waals surface area contributed by atoms with E-state index < -0.39 is 5.54 Å². The number of carbonyl (C=O) groups is 1. The zero-order valence-corrected chi connectivity index (χ0v) is 17.8. The molecule has 0 bridgehead atoms. The normalized spacial score (nSPS) is 15.6. The molecule has 2 heterocycles. The summed E-state index contributed by atoms with van der Waals surface area (Å²) in [5, 5.41) is 11.0. The van der Waals surface area contributed by atoms with Crippen LogP contribution in [-0.2, 0) is 15.1 Å². The van der Waals surface area contributed by atoms with Gasteiger partial charge in [0, 0.05) is 18.8 Å². The van der Waals surface area contributed by atoms with Crippen LogP contribution in [0.2, 0.25) is 0 Å². The summed E-state index contributed by atoms with van der Waals surface area (Å²) in [5.41, 5.74) is 3.85. The SMILES string of the molecule is Cc1nn(-c2ccccc2)c(C)c1NC(=O)CNC1(c2ccc(F)cc2)CCOCC1. The highest BCUT2D eigenvalue weighted by atomic mass is 19.1. The van der Waals surface area contributed by atoms with Crippen molar-refractivity contribution in [1.29, 1.82) is 0 Å². The lowest BCUT2D eigenvalue weighted by Crippen LogP contribution is -2.49. The standard InChI is InChI=1S/C24H27FN4O2/c1-17-23(18(2)29(28-17)21-6-4-3-5-7-21)27-22(30)16-26-24(12-14-31-15-13-24)19-8-10-20(25)11-9-19/h3-11,26H,12-16H2,1-2H3,(H,27,30). The van der Waals surface area contributed by atoms with E-state index in [2.05, 4.69) is 15.7 Å². The monoisotopic (exact) mass is 422 g/mol. The van der Waals surface area contributed by atoms with Crippen LogP contribution in [0.25, 0.3) is 5.69 Å². The van der Waals surface area contributed by atoms with Gasteiger partial charge < -0.3 is 10.1 Å². The van der Waals surface area contributed by atoms with Gasteiger partial charge in [-0.1, -0.05) is 30.3 Å². The second kappa shape index (κ2) is 8.99. The first-order chi connectivity index (χ1) is 15.0. The van der Waals surface area contributed by atoms with Crippen LogP contribution in [0.15, 0.2) is 54.6 Å². The molecule has 1 aromatic heterocycles. The van der Waals surface area contributed by atoms with E-state index >= 15 is 0 Å². The van der Waals surface area contributed by atoms with Crippen molar-refractivity contribution in [2.24, 2.45) is 0 Å². The Bertz CT molecular complexity index is 1040. The maximum Gasteiger partial charge on any atom is 0.238 e.